The van der Waals surface area contributed by atoms with Crippen LogP contribution in [0.2, 0.25) is 0 Å². The van der Waals surface area contributed by atoms with E-state index in [1.807, 2.05) is 32.0 Å². The van der Waals surface area contributed by atoms with E-state index < -0.39 is 11.2 Å². The third kappa shape index (κ3) is 17.6. The van der Waals surface area contributed by atoms with Crippen LogP contribution in [0.15, 0.2) is 66.8 Å². The number of aliphatic hydroxyl groups is 3. The van der Waals surface area contributed by atoms with Crippen LogP contribution in [0, 0.1) is 45.8 Å². The molecule has 302 valence electrons. The van der Waals surface area contributed by atoms with Crippen LogP contribution >= 0.6 is 0 Å². The van der Waals surface area contributed by atoms with Crippen LogP contribution < -0.4 is 0 Å². The Bertz CT molecular complexity index is 1180. The van der Waals surface area contributed by atoms with Crippen LogP contribution in [0.25, 0.3) is 0 Å². The third-order valence-electron chi connectivity index (χ3n) is 11.8. The average molecular weight is 725 g/mol. The Balaban J connectivity index is 0.000000981. The number of unbranched alkanes of at least 4 members (excludes halogenated alkanes) is 2. The Morgan fingerprint density at radius 2 is 1.42 bits per heavy atom. The van der Waals surface area contributed by atoms with Gasteiger partial charge in [0.2, 0.25) is 0 Å². The van der Waals surface area contributed by atoms with Crippen LogP contribution in [0.4, 0.5) is 0 Å². The number of aryl methyl sites for hydroxylation is 1. The highest BCUT2D eigenvalue weighted by Gasteiger charge is 2.67. The molecule has 2 fully saturated rings. The molecule has 2 aliphatic carbocycles. The first-order chi connectivity index (χ1) is 23.3. The fourth-order valence-electron chi connectivity index (χ4n) is 8.32. The minimum absolute atomic E-state index is 0. The first-order valence-corrected chi connectivity index (χ1v) is 20.4. The van der Waals surface area contributed by atoms with Gasteiger partial charge < -0.3 is 15.3 Å². The van der Waals surface area contributed by atoms with Crippen molar-refractivity contribution >= 4 is 0 Å². The van der Waals surface area contributed by atoms with Gasteiger partial charge in [-0.05, 0) is 136 Å². The average Bonchev–Trinajstić information content (AvgIpc) is 3.32. The highest BCUT2D eigenvalue weighted by molar-refractivity contribution is 5.30. The van der Waals surface area contributed by atoms with Crippen LogP contribution in [0.3, 0.4) is 0 Å². The minimum atomic E-state index is -0.654. The lowest BCUT2D eigenvalue weighted by molar-refractivity contribution is 0.0354. The fourth-order valence-corrected chi connectivity index (χ4v) is 8.32. The molecule has 3 N–H and O–H groups in total. The summed E-state index contributed by atoms with van der Waals surface area (Å²) in [7, 11) is 0. The molecule has 0 saturated heterocycles. The fraction of sp³-hybridized carbons (Fsp3) is 0.755. The van der Waals surface area contributed by atoms with Crippen molar-refractivity contribution in [1.29, 1.82) is 0 Å². The first-order valence-electron chi connectivity index (χ1n) is 20.4. The Morgan fingerprint density at radius 3 is 1.88 bits per heavy atom. The van der Waals surface area contributed by atoms with Crippen molar-refractivity contribution in [2.45, 2.75) is 186 Å². The molecule has 0 spiro atoms. The predicted octanol–water partition coefficient (Wildman–Crippen LogP) is 13.6. The van der Waals surface area contributed by atoms with Gasteiger partial charge in [0.15, 0.2) is 0 Å². The van der Waals surface area contributed by atoms with Crippen molar-refractivity contribution in [3.8, 4) is 0 Å². The summed E-state index contributed by atoms with van der Waals surface area (Å²) >= 11 is 0. The Morgan fingerprint density at radius 1 is 0.865 bits per heavy atom. The van der Waals surface area contributed by atoms with Gasteiger partial charge in [-0.1, -0.05) is 156 Å². The summed E-state index contributed by atoms with van der Waals surface area (Å²) in [5, 5.41) is 27.5. The highest BCUT2D eigenvalue weighted by atomic mass is 16.3. The van der Waals surface area contributed by atoms with E-state index in [0.29, 0.717) is 41.4 Å². The zero-order chi connectivity index (χ0) is 39.4. The molecular weight excluding hydrogens is 637 g/mol. The van der Waals surface area contributed by atoms with Crippen LogP contribution in [0.1, 0.15) is 174 Å². The van der Waals surface area contributed by atoms with Gasteiger partial charge in [0.05, 0.1) is 11.2 Å². The van der Waals surface area contributed by atoms with Crippen molar-refractivity contribution in [3.63, 3.8) is 0 Å². The second-order valence-corrected chi connectivity index (χ2v) is 20.1. The van der Waals surface area contributed by atoms with Gasteiger partial charge in [0.1, 0.15) is 0 Å². The summed E-state index contributed by atoms with van der Waals surface area (Å²) in [6.07, 6.45) is 12.4. The number of hydrogen-bond acceptors (Lipinski definition) is 3. The summed E-state index contributed by atoms with van der Waals surface area (Å²) < 4.78 is 0. The van der Waals surface area contributed by atoms with Crippen molar-refractivity contribution < 1.29 is 15.3 Å². The second kappa shape index (κ2) is 21.4. The second-order valence-electron chi connectivity index (χ2n) is 20.1. The molecule has 0 radical (unpaired) electrons. The molecule has 1 aromatic rings. The number of rotatable bonds is 17. The van der Waals surface area contributed by atoms with E-state index in [9.17, 15) is 5.11 Å². The van der Waals surface area contributed by atoms with E-state index in [-0.39, 0.29) is 19.4 Å². The molecule has 0 heterocycles. The molecule has 0 bridgehead atoms. The highest BCUT2D eigenvalue weighted by Crippen LogP contribution is 2.73. The lowest BCUT2D eigenvalue weighted by atomic mass is 9.65. The monoisotopic (exact) mass is 725 g/mol. The molecule has 3 rings (SSSR count). The zero-order valence-corrected chi connectivity index (χ0v) is 35.9. The van der Waals surface area contributed by atoms with Crippen LogP contribution in [-0.2, 0) is 6.42 Å². The maximum absolute atomic E-state index is 10.00. The summed E-state index contributed by atoms with van der Waals surface area (Å²) in [5.41, 5.74) is 5.58. The molecule has 3 heteroatoms. The maximum atomic E-state index is 10.00. The predicted molar refractivity (Wildman–Crippen MR) is 231 cm³/mol. The van der Waals surface area contributed by atoms with E-state index in [4.69, 9.17) is 16.8 Å². The maximum Gasteiger partial charge on any atom is 0.0623 e. The summed E-state index contributed by atoms with van der Waals surface area (Å²) in [6.45, 7) is 42.9. The Hall–Kier alpha value is -1.68. The normalized spacial score (nSPS) is 22.2. The molecule has 3 nitrogen and oxygen atoms in total. The van der Waals surface area contributed by atoms with E-state index in [1.165, 1.54) is 54.4 Å². The number of hydrogen-bond donors (Lipinski definition) is 3. The van der Waals surface area contributed by atoms with Crippen LogP contribution in [-0.4, -0.2) is 33.1 Å². The van der Waals surface area contributed by atoms with E-state index in [0.717, 1.165) is 43.9 Å². The molecule has 6 unspecified atom stereocenters. The van der Waals surface area contributed by atoms with Crippen molar-refractivity contribution in [2.75, 3.05) is 6.61 Å². The molecule has 52 heavy (non-hydrogen) atoms. The van der Waals surface area contributed by atoms with E-state index in [2.05, 4.69) is 87.6 Å². The largest absolute Gasteiger partial charge is 0.396 e. The standard InChI is InChI=1S/C30H52.C13H20O2.C5H12O.CH4/c1-13-14-15-16-21(3)26-23(18-25-27(26)30(25,11)12)22(4)24(29(8,9)10)17-20(2)19-28(5,6)7;1-13(15,9-5-11-14)10-8-12-6-3-2-4-7-12;1-4-5(2,3)6;/h23-27H,2-4,13-19H2,1,5-12H3;2-4,6-7,14-15H,5,8-11H2,1H3;6H,4H2,1-3H3;1H4. The molecule has 2 saturated carbocycles. The van der Waals surface area contributed by atoms with E-state index in [1.54, 1.807) is 13.8 Å². The van der Waals surface area contributed by atoms with Gasteiger partial charge in [-0.15, -0.1) is 0 Å². The van der Waals surface area contributed by atoms with Crippen molar-refractivity contribution in [3.05, 3.63) is 72.4 Å². The van der Waals surface area contributed by atoms with Gasteiger partial charge in [-0.25, -0.2) is 0 Å². The minimum Gasteiger partial charge on any atom is -0.396 e. The van der Waals surface area contributed by atoms with Gasteiger partial charge in [-0.2, -0.15) is 0 Å². The summed E-state index contributed by atoms with van der Waals surface area (Å²) in [6, 6.07) is 10.2. The zero-order valence-electron chi connectivity index (χ0n) is 35.9. The Labute approximate surface area is 324 Å². The van der Waals surface area contributed by atoms with Crippen molar-refractivity contribution in [1.82, 2.24) is 0 Å². The molecular formula is C49H88O3. The first kappa shape index (κ1) is 50.3. The van der Waals surface area contributed by atoms with Crippen molar-refractivity contribution in [2.24, 2.45) is 45.8 Å². The molecule has 0 aliphatic heterocycles. The Kier molecular flexibility index (Phi) is 20.7. The van der Waals surface area contributed by atoms with Gasteiger partial charge in [0.25, 0.3) is 0 Å². The molecule has 0 aromatic heterocycles. The third-order valence-corrected chi connectivity index (χ3v) is 11.8. The number of benzene rings is 1. The summed E-state index contributed by atoms with van der Waals surface area (Å²) in [4.78, 5) is 0. The molecule has 1 aromatic carbocycles. The number of aliphatic hydroxyl groups excluding tert-OH is 1. The molecule has 2 aliphatic rings. The van der Waals surface area contributed by atoms with Gasteiger partial charge in [0, 0.05) is 6.61 Å². The SMILES string of the molecule is C.C=C(CC(C(=C)C1CC2C(C1C(=C)CCCCC)C2(C)C)C(C)(C)C)CC(C)(C)C.CC(O)(CCCO)CCc1ccccc1.CCC(C)(C)O. The molecule has 6 atom stereocenters. The topological polar surface area (TPSA) is 60.7 Å². The smallest absolute Gasteiger partial charge is 0.0623 e. The molecule has 0 amide bonds. The van der Waals surface area contributed by atoms with Gasteiger partial charge in [-0.3, -0.25) is 0 Å². The lowest BCUT2D eigenvalue weighted by Gasteiger charge is -2.40. The van der Waals surface area contributed by atoms with Crippen LogP contribution in [0.5, 0.6) is 0 Å². The van der Waals surface area contributed by atoms with Gasteiger partial charge >= 0.3 is 0 Å². The number of fused-ring (bicyclic) bond motifs is 1. The summed E-state index contributed by atoms with van der Waals surface area (Å²) in [5.74, 6) is 3.46. The quantitative estimate of drug-likeness (QED) is 0.111. The van der Waals surface area contributed by atoms with E-state index >= 15 is 0 Å². The number of allylic oxidation sites excluding steroid dienone is 3. The lowest BCUT2D eigenvalue weighted by Crippen LogP contribution is -2.30.